The molecule has 0 spiro atoms. The first-order valence-corrected chi connectivity index (χ1v) is 7.19. The molecule has 0 saturated heterocycles. The number of nitrogens with one attached hydrogen (secondary N) is 1. The van der Waals surface area contributed by atoms with Gasteiger partial charge in [0.1, 0.15) is 16.2 Å². The highest BCUT2D eigenvalue weighted by atomic mass is 32.2. The summed E-state index contributed by atoms with van der Waals surface area (Å²) >= 11 is 0. The normalized spacial score (nSPS) is 11.1. The van der Waals surface area contributed by atoms with Gasteiger partial charge in [-0.3, -0.25) is 0 Å². The van der Waals surface area contributed by atoms with E-state index in [4.69, 9.17) is 10.6 Å². The van der Waals surface area contributed by atoms with Crippen LogP contribution in [0.4, 0.5) is 11.6 Å². The molecule has 1 rings (SSSR count). The molecule has 0 saturated carbocycles. The van der Waals surface area contributed by atoms with Gasteiger partial charge in [-0.25, -0.2) is 24.2 Å². The smallest absolute Gasteiger partial charge is 0.205 e. The lowest BCUT2D eigenvalue weighted by Crippen LogP contribution is -2.26. The van der Waals surface area contributed by atoms with E-state index < -0.39 is 9.84 Å². The third kappa shape index (κ3) is 3.70. The summed E-state index contributed by atoms with van der Waals surface area (Å²) in [6.45, 7) is 0.302. The number of hydrogen-bond donors (Lipinski definition) is 2. The van der Waals surface area contributed by atoms with Crippen LogP contribution in [-0.4, -0.2) is 51.1 Å². The maximum atomic E-state index is 11.1. The van der Waals surface area contributed by atoms with Gasteiger partial charge in [-0.2, -0.15) is 0 Å². The second kappa shape index (κ2) is 5.83. The SMILES string of the molecule is COc1c(NN)ncnc1N(C)CCS(C)(=O)=O. The summed E-state index contributed by atoms with van der Waals surface area (Å²) < 4.78 is 27.4. The lowest BCUT2D eigenvalue weighted by molar-refractivity contribution is 0.413. The van der Waals surface area contributed by atoms with Crippen LogP contribution in [0.1, 0.15) is 0 Å². The molecule has 1 aromatic heterocycles. The van der Waals surface area contributed by atoms with E-state index in [-0.39, 0.29) is 5.75 Å². The molecular formula is C9H17N5O3S. The van der Waals surface area contributed by atoms with Crippen molar-refractivity contribution >= 4 is 21.5 Å². The fraction of sp³-hybridized carbons (Fsp3) is 0.556. The molecule has 0 aliphatic carbocycles. The lowest BCUT2D eigenvalue weighted by Gasteiger charge is -2.20. The average molecular weight is 275 g/mol. The zero-order chi connectivity index (χ0) is 13.8. The van der Waals surface area contributed by atoms with Crippen LogP contribution in [0.3, 0.4) is 0 Å². The monoisotopic (exact) mass is 275 g/mol. The number of nitrogens with zero attached hydrogens (tertiary/aromatic N) is 3. The van der Waals surface area contributed by atoms with E-state index in [9.17, 15) is 8.42 Å². The van der Waals surface area contributed by atoms with Crippen LogP contribution in [0.5, 0.6) is 5.75 Å². The predicted molar refractivity (Wildman–Crippen MR) is 69.4 cm³/mol. The summed E-state index contributed by atoms with van der Waals surface area (Å²) in [7, 11) is 0.156. The molecule has 0 aliphatic rings. The second-order valence-electron chi connectivity index (χ2n) is 3.77. The molecule has 0 unspecified atom stereocenters. The first kappa shape index (κ1) is 14.5. The Hall–Kier alpha value is -1.61. The molecule has 0 radical (unpaired) electrons. The van der Waals surface area contributed by atoms with E-state index in [0.29, 0.717) is 23.9 Å². The first-order valence-electron chi connectivity index (χ1n) is 5.13. The number of hydrazine groups is 1. The topological polar surface area (TPSA) is 110 Å². The van der Waals surface area contributed by atoms with Gasteiger partial charge < -0.3 is 15.1 Å². The van der Waals surface area contributed by atoms with Crippen molar-refractivity contribution in [2.24, 2.45) is 5.84 Å². The third-order valence-electron chi connectivity index (χ3n) is 2.28. The van der Waals surface area contributed by atoms with Crippen molar-refractivity contribution in [3.63, 3.8) is 0 Å². The van der Waals surface area contributed by atoms with Gasteiger partial charge in [0.2, 0.25) is 5.75 Å². The molecule has 1 heterocycles. The number of sulfone groups is 1. The van der Waals surface area contributed by atoms with Crippen molar-refractivity contribution in [1.82, 2.24) is 9.97 Å². The molecule has 0 fully saturated rings. The van der Waals surface area contributed by atoms with Gasteiger partial charge in [0.25, 0.3) is 0 Å². The largest absolute Gasteiger partial charge is 0.490 e. The first-order chi connectivity index (χ1) is 8.39. The molecule has 0 bridgehead atoms. The highest BCUT2D eigenvalue weighted by Crippen LogP contribution is 2.30. The van der Waals surface area contributed by atoms with E-state index in [0.717, 1.165) is 0 Å². The minimum Gasteiger partial charge on any atom is -0.490 e. The van der Waals surface area contributed by atoms with Gasteiger partial charge in [0.15, 0.2) is 11.6 Å². The Kier molecular flexibility index (Phi) is 4.68. The standard InChI is InChI=1S/C9H17N5O3S/c1-14(4-5-18(3,15)16)9-7(17-2)8(13-10)11-6-12-9/h6H,4-5,10H2,1-3H3,(H,11,12,13). The van der Waals surface area contributed by atoms with Gasteiger partial charge in [0.05, 0.1) is 12.9 Å². The number of methoxy groups -OCH3 is 1. The van der Waals surface area contributed by atoms with E-state index >= 15 is 0 Å². The molecule has 0 aliphatic heterocycles. The number of hydrogen-bond acceptors (Lipinski definition) is 8. The molecule has 0 aromatic carbocycles. The van der Waals surface area contributed by atoms with Crippen molar-refractivity contribution in [1.29, 1.82) is 0 Å². The fourth-order valence-corrected chi connectivity index (χ4v) is 1.94. The molecule has 1 aromatic rings. The minimum absolute atomic E-state index is 0.0298. The summed E-state index contributed by atoms with van der Waals surface area (Å²) in [6.07, 6.45) is 2.51. The van der Waals surface area contributed by atoms with Crippen molar-refractivity contribution in [2.75, 3.05) is 43.0 Å². The maximum Gasteiger partial charge on any atom is 0.205 e. The highest BCUT2D eigenvalue weighted by molar-refractivity contribution is 7.90. The average Bonchev–Trinajstić information content (AvgIpc) is 2.33. The third-order valence-corrected chi connectivity index (χ3v) is 3.21. The number of rotatable bonds is 6. The van der Waals surface area contributed by atoms with Crippen LogP contribution in [0.2, 0.25) is 0 Å². The fourth-order valence-electron chi connectivity index (χ4n) is 1.34. The Balaban J connectivity index is 2.94. The number of aromatic nitrogens is 2. The summed E-state index contributed by atoms with van der Waals surface area (Å²) in [6, 6.07) is 0. The molecule has 18 heavy (non-hydrogen) atoms. The molecule has 0 atom stereocenters. The summed E-state index contributed by atoms with van der Waals surface area (Å²) in [5.74, 6) is 6.52. The van der Waals surface area contributed by atoms with Gasteiger partial charge >= 0.3 is 0 Å². The maximum absolute atomic E-state index is 11.1. The molecular weight excluding hydrogens is 258 g/mol. The minimum atomic E-state index is -3.03. The van der Waals surface area contributed by atoms with Gasteiger partial charge in [-0.1, -0.05) is 0 Å². The van der Waals surface area contributed by atoms with Crippen LogP contribution in [0, 0.1) is 0 Å². The van der Waals surface area contributed by atoms with E-state index in [1.54, 1.807) is 11.9 Å². The Morgan fingerprint density at radius 1 is 1.50 bits per heavy atom. The molecule has 8 nitrogen and oxygen atoms in total. The Morgan fingerprint density at radius 3 is 2.67 bits per heavy atom. The predicted octanol–water partition coefficient (Wildman–Crippen LogP) is -0.748. The molecule has 0 amide bonds. The van der Waals surface area contributed by atoms with Gasteiger partial charge in [-0.05, 0) is 0 Å². The quantitative estimate of drug-likeness (QED) is 0.515. The number of nitrogens with two attached hydrogens (primary N) is 1. The molecule has 3 N–H and O–H groups in total. The Labute approximate surface area is 106 Å². The van der Waals surface area contributed by atoms with E-state index in [1.165, 1.54) is 19.7 Å². The van der Waals surface area contributed by atoms with Crippen LogP contribution in [0.15, 0.2) is 6.33 Å². The van der Waals surface area contributed by atoms with E-state index in [1.807, 2.05) is 0 Å². The summed E-state index contributed by atoms with van der Waals surface area (Å²) in [5, 5.41) is 0. The van der Waals surface area contributed by atoms with Crippen molar-refractivity contribution in [3.8, 4) is 5.75 Å². The molecule has 9 heteroatoms. The zero-order valence-corrected chi connectivity index (χ0v) is 11.4. The Bertz CT molecular complexity index is 505. The van der Waals surface area contributed by atoms with Crippen molar-refractivity contribution < 1.29 is 13.2 Å². The zero-order valence-electron chi connectivity index (χ0n) is 10.5. The Morgan fingerprint density at radius 2 is 2.17 bits per heavy atom. The molecule has 102 valence electrons. The van der Waals surface area contributed by atoms with Crippen molar-refractivity contribution in [3.05, 3.63) is 6.33 Å². The second-order valence-corrected chi connectivity index (χ2v) is 6.03. The summed E-state index contributed by atoms with van der Waals surface area (Å²) in [4.78, 5) is 9.63. The van der Waals surface area contributed by atoms with Gasteiger partial charge in [0, 0.05) is 19.8 Å². The number of anilines is 2. The van der Waals surface area contributed by atoms with Crippen LogP contribution in [0.25, 0.3) is 0 Å². The van der Waals surface area contributed by atoms with Crippen LogP contribution >= 0.6 is 0 Å². The van der Waals surface area contributed by atoms with Gasteiger partial charge in [-0.15, -0.1) is 0 Å². The highest BCUT2D eigenvalue weighted by Gasteiger charge is 2.16. The lowest BCUT2D eigenvalue weighted by atomic mass is 10.4. The van der Waals surface area contributed by atoms with Crippen LogP contribution < -0.4 is 20.9 Å². The van der Waals surface area contributed by atoms with E-state index in [2.05, 4.69) is 15.4 Å². The summed E-state index contributed by atoms with van der Waals surface area (Å²) in [5.41, 5.74) is 2.39. The van der Waals surface area contributed by atoms with Crippen LogP contribution in [-0.2, 0) is 9.84 Å². The number of nitrogen functional groups attached to an aromatic ring is 1. The van der Waals surface area contributed by atoms with Crippen molar-refractivity contribution in [2.45, 2.75) is 0 Å². The number of ether oxygens (including phenoxy) is 1.